The van der Waals surface area contributed by atoms with Crippen LogP contribution in [-0.4, -0.2) is 9.13 Å². The first kappa shape index (κ1) is 33.6. The lowest BCUT2D eigenvalue weighted by Gasteiger charge is -2.21. The van der Waals surface area contributed by atoms with E-state index >= 15 is 0 Å². The lowest BCUT2D eigenvalue weighted by atomic mass is 9.84. The lowest BCUT2D eigenvalue weighted by molar-refractivity contribution is 0.946. The lowest BCUT2D eigenvalue weighted by Crippen LogP contribution is -2.05. The van der Waals surface area contributed by atoms with Crippen LogP contribution in [0.2, 0.25) is 0 Å². The van der Waals surface area contributed by atoms with Gasteiger partial charge in [0.1, 0.15) is 0 Å². The molecule has 0 radical (unpaired) electrons. The number of aryl methyl sites for hydroxylation is 2. The molecule has 0 spiro atoms. The number of hydrogen-bond acceptors (Lipinski definition) is 2. The second-order valence-corrected chi connectivity index (χ2v) is 13.7. The first-order valence-electron chi connectivity index (χ1n) is 18.3. The number of aromatic nitrogens is 2. The third kappa shape index (κ3) is 5.64. The minimum absolute atomic E-state index is 0.943. The van der Waals surface area contributed by atoms with E-state index in [1.54, 1.807) is 12.4 Å². The Hall–Kier alpha value is -6.52. The third-order valence-corrected chi connectivity index (χ3v) is 10.6. The van der Waals surface area contributed by atoms with E-state index in [2.05, 4.69) is 144 Å². The molecule has 0 bridgehead atoms. The van der Waals surface area contributed by atoms with E-state index in [1.165, 1.54) is 60.4 Å². The zero-order chi connectivity index (χ0) is 36.6. The molecule has 8 rings (SSSR count). The molecular formula is C49H44N4. The molecule has 53 heavy (non-hydrogen) atoms. The van der Waals surface area contributed by atoms with Crippen molar-refractivity contribution in [3.05, 3.63) is 175 Å². The molecule has 1 aliphatic rings. The van der Waals surface area contributed by atoms with Crippen molar-refractivity contribution in [2.45, 2.75) is 33.6 Å². The number of rotatable bonds is 8. The third-order valence-electron chi connectivity index (χ3n) is 10.6. The summed E-state index contributed by atoms with van der Waals surface area (Å²) < 4.78 is 4.69. The summed E-state index contributed by atoms with van der Waals surface area (Å²) in [5, 5.41) is 4.94. The molecule has 4 N–H and O–H groups in total. The van der Waals surface area contributed by atoms with Crippen LogP contribution in [0.5, 0.6) is 0 Å². The zero-order valence-corrected chi connectivity index (χ0v) is 30.6. The van der Waals surface area contributed by atoms with Gasteiger partial charge in [-0.2, -0.15) is 0 Å². The molecule has 0 amide bonds. The van der Waals surface area contributed by atoms with Gasteiger partial charge in [-0.15, -0.1) is 0 Å². The normalized spacial score (nSPS) is 14.1. The first-order valence-corrected chi connectivity index (χ1v) is 18.3. The van der Waals surface area contributed by atoms with E-state index in [4.69, 9.17) is 11.5 Å². The van der Waals surface area contributed by atoms with Crippen LogP contribution in [0.25, 0.3) is 82.8 Å². The number of nitrogens with two attached hydrogens (primary N) is 2. The molecule has 260 valence electrons. The van der Waals surface area contributed by atoms with Crippen LogP contribution in [0.15, 0.2) is 159 Å². The standard InChI is InChI=1S/C49H44N4/c1-5-12-33(13-6-2)35-20-22-46-42(25-35)44-27-37-18-19-38-28-45-43-26-36(34-16-9-8-10-17-34)21-23-47(43)53(39(31-51)14-7-3)49(45)30-41(38)40(37)29-48(44)52(46)32(4)15-11-24-50/h5-17,20-31H,1,18-19,50-51H2,2-4H3/b13-6-,14-7-,24-11-,32-15+,33-12+,39-31+. The van der Waals surface area contributed by atoms with Crippen LogP contribution >= 0.6 is 0 Å². The SMILES string of the molecule is C=C/C=C(\C=C/C)c1ccc2c(c1)c1cc3c(cc1n2/C(C)=C/C=C\N)-c1cc2c(cc1CC3)c1cc(-c3ccccc3)ccc1n2C(/C=C\C)=C/N. The summed E-state index contributed by atoms with van der Waals surface area (Å²) in [4.78, 5) is 0. The zero-order valence-electron chi connectivity index (χ0n) is 30.6. The van der Waals surface area contributed by atoms with Gasteiger partial charge in [-0.3, -0.25) is 0 Å². The monoisotopic (exact) mass is 688 g/mol. The van der Waals surface area contributed by atoms with E-state index < -0.39 is 0 Å². The number of benzene rings is 5. The minimum Gasteiger partial charge on any atom is -0.405 e. The molecule has 0 aliphatic heterocycles. The molecule has 0 saturated heterocycles. The van der Waals surface area contributed by atoms with Gasteiger partial charge in [0, 0.05) is 33.4 Å². The number of hydrogen-bond donors (Lipinski definition) is 2. The average Bonchev–Trinajstić information content (AvgIpc) is 3.68. The van der Waals surface area contributed by atoms with Crippen molar-refractivity contribution in [3.8, 4) is 22.3 Å². The highest BCUT2D eigenvalue weighted by Crippen LogP contribution is 2.44. The first-order chi connectivity index (χ1) is 26.0. The number of allylic oxidation sites excluding steroid dienone is 11. The summed E-state index contributed by atoms with van der Waals surface area (Å²) in [7, 11) is 0. The molecule has 4 heteroatoms. The number of fused-ring (bicyclic) bond motifs is 9. The van der Waals surface area contributed by atoms with E-state index in [0.717, 1.165) is 51.9 Å². The van der Waals surface area contributed by atoms with Crippen molar-refractivity contribution in [2.24, 2.45) is 11.5 Å². The molecule has 0 atom stereocenters. The molecule has 5 aromatic carbocycles. The van der Waals surface area contributed by atoms with Crippen LogP contribution in [0, 0.1) is 0 Å². The van der Waals surface area contributed by atoms with Crippen LogP contribution in [0.1, 0.15) is 37.5 Å². The van der Waals surface area contributed by atoms with E-state index in [9.17, 15) is 0 Å². The van der Waals surface area contributed by atoms with Crippen molar-refractivity contribution < 1.29 is 0 Å². The summed E-state index contributed by atoms with van der Waals surface area (Å²) in [6, 6.07) is 33.9. The van der Waals surface area contributed by atoms with Gasteiger partial charge in [-0.1, -0.05) is 79.4 Å². The van der Waals surface area contributed by atoms with Crippen molar-refractivity contribution in [3.63, 3.8) is 0 Å². The quantitative estimate of drug-likeness (QED) is 0.156. The van der Waals surface area contributed by atoms with Gasteiger partial charge in [0.05, 0.1) is 27.8 Å². The Balaban J connectivity index is 1.41. The summed E-state index contributed by atoms with van der Waals surface area (Å²) in [5.74, 6) is 0. The average molecular weight is 689 g/mol. The van der Waals surface area contributed by atoms with Gasteiger partial charge in [0.25, 0.3) is 0 Å². The Morgan fingerprint density at radius 2 is 1.26 bits per heavy atom. The maximum atomic E-state index is 6.34. The highest BCUT2D eigenvalue weighted by molar-refractivity contribution is 6.15. The van der Waals surface area contributed by atoms with Gasteiger partial charge in [0.2, 0.25) is 0 Å². The molecule has 2 heterocycles. The maximum Gasteiger partial charge on any atom is 0.0613 e. The predicted molar refractivity (Wildman–Crippen MR) is 230 cm³/mol. The van der Waals surface area contributed by atoms with E-state index in [1.807, 2.05) is 32.1 Å². The fourth-order valence-corrected chi connectivity index (χ4v) is 8.25. The summed E-state index contributed by atoms with van der Waals surface area (Å²) >= 11 is 0. The largest absolute Gasteiger partial charge is 0.405 e. The van der Waals surface area contributed by atoms with Gasteiger partial charge < -0.3 is 20.6 Å². The van der Waals surface area contributed by atoms with Crippen molar-refractivity contribution in [1.82, 2.24) is 9.13 Å². The Labute approximate surface area is 311 Å². The Kier molecular flexibility index (Phi) is 8.81. The Morgan fingerprint density at radius 3 is 1.91 bits per heavy atom. The van der Waals surface area contributed by atoms with Gasteiger partial charge in [-0.05, 0) is 151 Å². The second-order valence-electron chi connectivity index (χ2n) is 13.7. The van der Waals surface area contributed by atoms with Crippen LogP contribution in [0.4, 0.5) is 0 Å². The van der Waals surface area contributed by atoms with E-state index in [0.29, 0.717) is 0 Å². The molecular weight excluding hydrogens is 645 g/mol. The molecule has 0 unspecified atom stereocenters. The second kappa shape index (κ2) is 13.9. The Morgan fingerprint density at radius 1 is 0.642 bits per heavy atom. The molecule has 7 aromatic rings. The van der Waals surface area contributed by atoms with Crippen LogP contribution in [0.3, 0.4) is 0 Å². The van der Waals surface area contributed by atoms with Gasteiger partial charge >= 0.3 is 0 Å². The Bertz CT molecular complexity index is 2770. The molecule has 1 aliphatic carbocycles. The van der Waals surface area contributed by atoms with E-state index in [-0.39, 0.29) is 0 Å². The van der Waals surface area contributed by atoms with Crippen molar-refractivity contribution in [1.29, 1.82) is 0 Å². The molecule has 0 fully saturated rings. The molecule has 4 nitrogen and oxygen atoms in total. The minimum atomic E-state index is 0.943. The smallest absolute Gasteiger partial charge is 0.0613 e. The van der Waals surface area contributed by atoms with Crippen molar-refractivity contribution >= 4 is 60.6 Å². The summed E-state index contributed by atoms with van der Waals surface area (Å²) in [5.41, 5.74) is 28.8. The fraction of sp³-hybridized carbons (Fsp3) is 0.102. The predicted octanol–water partition coefficient (Wildman–Crippen LogP) is 12.1. The number of nitrogens with zero attached hydrogens (tertiary/aromatic N) is 2. The maximum absolute atomic E-state index is 6.34. The topological polar surface area (TPSA) is 61.9 Å². The van der Waals surface area contributed by atoms with Crippen LogP contribution < -0.4 is 11.5 Å². The van der Waals surface area contributed by atoms with Gasteiger partial charge in [0.15, 0.2) is 0 Å². The molecule has 2 aromatic heterocycles. The summed E-state index contributed by atoms with van der Waals surface area (Å²) in [6.45, 7) is 10.2. The fourth-order valence-electron chi connectivity index (χ4n) is 8.25. The summed E-state index contributed by atoms with van der Waals surface area (Å²) in [6.07, 6.45) is 21.5. The van der Waals surface area contributed by atoms with Gasteiger partial charge in [-0.25, -0.2) is 0 Å². The highest BCUT2D eigenvalue weighted by atomic mass is 15.0. The molecule has 0 saturated carbocycles. The highest BCUT2D eigenvalue weighted by Gasteiger charge is 2.24. The van der Waals surface area contributed by atoms with Crippen molar-refractivity contribution in [2.75, 3.05) is 0 Å². The van der Waals surface area contributed by atoms with Crippen LogP contribution in [-0.2, 0) is 12.8 Å².